The second kappa shape index (κ2) is 8.46. The highest BCUT2D eigenvalue weighted by molar-refractivity contribution is 8.00. The fourth-order valence-corrected chi connectivity index (χ4v) is 5.10. The van der Waals surface area contributed by atoms with E-state index >= 15 is 0 Å². The minimum atomic E-state index is -0.223. The lowest BCUT2D eigenvalue weighted by Gasteiger charge is -2.04. The summed E-state index contributed by atoms with van der Waals surface area (Å²) in [5.41, 5.74) is 0.855. The zero-order valence-corrected chi connectivity index (χ0v) is 16.9. The van der Waals surface area contributed by atoms with Crippen molar-refractivity contribution in [2.45, 2.75) is 23.4 Å². The van der Waals surface area contributed by atoms with E-state index in [9.17, 15) is 4.79 Å². The highest BCUT2D eigenvalue weighted by Crippen LogP contribution is 2.33. The van der Waals surface area contributed by atoms with Crippen LogP contribution in [-0.2, 0) is 12.2 Å². The largest absolute Gasteiger partial charge is 0.296 e. The van der Waals surface area contributed by atoms with Crippen molar-refractivity contribution in [3.63, 3.8) is 0 Å². The van der Waals surface area contributed by atoms with Crippen molar-refractivity contribution in [3.05, 3.63) is 49.9 Å². The summed E-state index contributed by atoms with van der Waals surface area (Å²) in [5.74, 6) is 0.356. The molecule has 0 bridgehead atoms. The minimum absolute atomic E-state index is 0.223. The first-order valence-electron chi connectivity index (χ1n) is 7.22. The summed E-state index contributed by atoms with van der Waals surface area (Å²) >= 11 is 16.5. The molecule has 2 aromatic heterocycles. The minimum Gasteiger partial charge on any atom is -0.296 e. The summed E-state index contributed by atoms with van der Waals surface area (Å²) in [4.78, 5) is 16.9. The number of benzene rings is 1. The zero-order valence-electron chi connectivity index (χ0n) is 13.0. The fourth-order valence-electron chi connectivity index (χ4n) is 1.86. The van der Waals surface area contributed by atoms with Crippen molar-refractivity contribution < 1.29 is 4.79 Å². The maximum Gasteiger partial charge on any atom is 0.269 e. The predicted molar refractivity (Wildman–Crippen MR) is 105 cm³/mol. The number of aryl methyl sites for hydroxylation is 1. The first-order chi connectivity index (χ1) is 12.1. The summed E-state index contributed by atoms with van der Waals surface area (Å²) in [6.07, 6.45) is 2.39. The Morgan fingerprint density at radius 1 is 1.24 bits per heavy atom. The standard InChI is InChI=1S/C15H12Cl2N4OS3/c1-2-12-18-6-11(24-12)13(22)19-14-20-21-15(25-14)23-7-8-9(16)4-3-5-10(8)17/h3-6H,2,7H2,1H3,(H,19,20,22). The first-order valence-corrected chi connectivity index (χ1v) is 10.6. The Hall–Kier alpha value is -1.19. The maximum absolute atomic E-state index is 12.2. The van der Waals surface area contributed by atoms with Crippen LogP contribution in [0.4, 0.5) is 5.13 Å². The molecule has 0 aliphatic heterocycles. The molecule has 5 nitrogen and oxygen atoms in total. The van der Waals surface area contributed by atoms with Gasteiger partial charge in [0.25, 0.3) is 5.91 Å². The third kappa shape index (κ3) is 4.71. The van der Waals surface area contributed by atoms with Crippen LogP contribution in [0.15, 0.2) is 28.7 Å². The number of hydrogen-bond donors (Lipinski definition) is 1. The van der Waals surface area contributed by atoms with Crippen molar-refractivity contribution in [1.29, 1.82) is 0 Å². The van der Waals surface area contributed by atoms with E-state index in [1.807, 2.05) is 6.92 Å². The van der Waals surface area contributed by atoms with Crippen molar-refractivity contribution in [1.82, 2.24) is 15.2 Å². The third-order valence-electron chi connectivity index (χ3n) is 3.11. The summed E-state index contributed by atoms with van der Waals surface area (Å²) in [6, 6.07) is 5.41. The Labute approximate surface area is 166 Å². The van der Waals surface area contributed by atoms with E-state index in [-0.39, 0.29) is 5.91 Å². The second-order valence-corrected chi connectivity index (χ2v) is 8.92. The molecular formula is C15H12Cl2N4OS3. The molecule has 0 radical (unpaired) electrons. The first kappa shape index (κ1) is 18.6. The van der Waals surface area contributed by atoms with E-state index in [0.717, 1.165) is 21.3 Å². The number of aromatic nitrogens is 3. The quantitative estimate of drug-likeness (QED) is 0.418. The van der Waals surface area contributed by atoms with Gasteiger partial charge in [0.15, 0.2) is 4.34 Å². The molecule has 25 heavy (non-hydrogen) atoms. The van der Waals surface area contributed by atoms with Crippen molar-refractivity contribution >= 4 is 68.7 Å². The van der Waals surface area contributed by atoms with Crippen molar-refractivity contribution in [2.75, 3.05) is 5.32 Å². The molecule has 1 aromatic carbocycles. The predicted octanol–water partition coefficient (Wildman–Crippen LogP) is 5.41. The Morgan fingerprint density at radius 3 is 2.68 bits per heavy atom. The van der Waals surface area contributed by atoms with Gasteiger partial charge in [0.2, 0.25) is 5.13 Å². The van der Waals surface area contributed by atoms with Gasteiger partial charge < -0.3 is 0 Å². The average Bonchev–Trinajstić information content (AvgIpc) is 3.23. The lowest BCUT2D eigenvalue weighted by Crippen LogP contribution is -2.09. The molecule has 1 N–H and O–H groups in total. The molecule has 2 heterocycles. The van der Waals surface area contributed by atoms with Gasteiger partial charge in [0.05, 0.1) is 11.2 Å². The molecule has 10 heteroatoms. The van der Waals surface area contributed by atoms with Gasteiger partial charge >= 0.3 is 0 Å². The fraction of sp³-hybridized carbons (Fsp3) is 0.200. The molecule has 0 fully saturated rings. The van der Waals surface area contributed by atoms with Crippen LogP contribution < -0.4 is 5.32 Å². The van der Waals surface area contributed by atoms with Gasteiger partial charge in [-0.2, -0.15) is 0 Å². The highest BCUT2D eigenvalue weighted by Gasteiger charge is 2.14. The molecule has 130 valence electrons. The van der Waals surface area contributed by atoms with Gasteiger partial charge in [0, 0.05) is 15.8 Å². The van der Waals surface area contributed by atoms with Crippen LogP contribution in [0.2, 0.25) is 10.0 Å². The Bertz CT molecular complexity index is 876. The summed E-state index contributed by atoms with van der Waals surface area (Å²) in [5, 5.41) is 13.4. The van der Waals surface area contributed by atoms with Gasteiger partial charge in [-0.3, -0.25) is 10.1 Å². The number of amides is 1. The SMILES string of the molecule is CCc1ncc(C(=O)Nc2nnc(SCc3c(Cl)cccc3Cl)s2)s1. The number of nitrogens with one attached hydrogen (secondary N) is 1. The molecule has 0 spiro atoms. The van der Waals surface area contributed by atoms with Gasteiger partial charge in [-0.1, -0.05) is 59.3 Å². The Balaban J connectivity index is 1.61. The van der Waals surface area contributed by atoms with Crippen LogP contribution in [0, 0.1) is 0 Å². The van der Waals surface area contributed by atoms with E-state index < -0.39 is 0 Å². The van der Waals surface area contributed by atoms with E-state index in [4.69, 9.17) is 23.2 Å². The van der Waals surface area contributed by atoms with Crippen LogP contribution in [-0.4, -0.2) is 21.1 Å². The number of carbonyl (C=O) groups is 1. The van der Waals surface area contributed by atoms with Crippen molar-refractivity contribution in [3.8, 4) is 0 Å². The maximum atomic E-state index is 12.2. The number of hydrogen-bond acceptors (Lipinski definition) is 7. The van der Waals surface area contributed by atoms with Crippen LogP contribution in [0.1, 0.15) is 27.2 Å². The molecular weight excluding hydrogens is 419 g/mol. The van der Waals surface area contributed by atoms with Crippen molar-refractivity contribution in [2.24, 2.45) is 0 Å². The number of carbonyl (C=O) groups excluding carboxylic acids is 1. The molecule has 1 amide bonds. The van der Waals surface area contributed by atoms with Gasteiger partial charge in [-0.05, 0) is 24.1 Å². The normalized spacial score (nSPS) is 10.8. The van der Waals surface area contributed by atoms with E-state index in [1.165, 1.54) is 34.4 Å². The number of thioether (sulfide) groups is 1. The summed E-state index contributed by atoms with van der Waals surface area (Å²) in [6.45, 7) is 2.00. The number of halogens is 2. The molecule has 0 saturated carbocycles. The van der Waals surface area contributed by atoms with Gasteiger partial charge in [0.1, 0.15) is 4.88 Å². The highest BCUT2D eigenvalue weighted by atomic mass is 35.5. The smallest absolute Gasteiger partial charge is 0.269 e. The van der Waals surface area contributed by atoms with Gasteiger partial charge in [-0.15, -0.1) is 21.5 Å². The number of nitrogens with zero attached hydrogens (tertiary/aromatic N) is 3. The Kier molecular flexibility index (Phi) is 6.29. The lowest BCUT2D eigenvalue weighted by molar-refractivity contribution is 0.103. The molecule has 3 rings (SSSR count). The number of anilines is 1. The summed E-state index contributed by atoms with van der Waals surface area (Å²) < 4.78 is 0.727. The number of rotatable bonds is 6. The third-order valence-corrected chi connectivity index (χ3v) is 6.96. The van der Waals surface area contributed by atoms with Crippen LogP contribution >= 0.6 is 57.6 Å². The number of thiazole rings is 1. The molecule has 0 aliphatic rings. The molecule has 0 saturated heterocycles. The van der Waals surface area contributed by atoms with Gasteiger partial charge in [-0.25, -0.2) is 4.98 Å². The Morgan fingerprint density at radius 2 is 2.00 bits per heavy atom. The van der Waals surface area contributed by atoms with E-state index in [1.54, 1.807) is 24.4 Å². The molecule has 0 unspecified atom stereocenters. The summed E-state index contributed by atoms with van der Waals surface area (Å²) in [7, 11) is 0. The van der Waals surface area contributed by atoms with Crippen LogP contribution in [0.5, 0.6) is 0 Å². The average molecular weight is 431 g/mol. The topological polar surface area (TPSA) is 67.8 Å². The lowest BCUT2D eigenvalue weighted by atomic mass is 10.2. The van der Waals surface area contributed by atoms with Crippen LogP contribution in [0.3, 0.4) is 0 Å². The molecule has 0 atom stereocenters. The molecule has 3 aromatic rings. The zero-order chi connectivity index (χ0) is 17.8. The molecule has 0 aliphatic carbocycles. The second-order valence-electron chi connectivity index (χ2n) is 4.79. The van der Waals surface area contributed by atoms with E-state index in [2.05, 4.69) is 20.5 Å². The van der Waals surface area contributed by atoms with Crippen LogP contribution in [0.25, 0.3) is 0 Å². The van der Waals surface area contributed by atoms with E-state index in [0.29, 0.717) is 25.8 Å². The monoisotopic (exact) mass is 430 g/mol.